The number of imidazole rings is 1. The molecular weight excluding hydrogens is 368 g/mol. The van der Waals surface area contributed by atoms with Gasteiger partial charge in [-0.1, -0.05) is 31.7 Å². The number of aliphatic hydroxyl groups is 1. The Balaban J connectivity index is 2.08. The van der Waals surface area contributed by atoms with E-state index >= 15 is 0 Å². The third kappa shape index (κ3) is 4.73. The summed E-state index contributed by atoms with van der Waals surface area (Å²) in [6.45, 7) is 4.54. The zero-order valence-electron chi connectivity index (χ0n) is 15.2. The quantitative estimate of drug-likeness (QED) is 0.650. The van der Waals surface area contributed by atoms with Crippen molar-refractivity contribution in [1.82, 2.24) is 14.5 Å². The number of benzene rings is 1. The molecule has 0 atom stereocenters. The second-order valence-electron chi connectivity index (χ2n) is 6.50. The predicted molar refractivity (Wildman–Crippen MR) is 101 cm³/mol. The van der Waals surface area contributed by atoms with Crippen LogP contribution in [0.2, 0.25) is 0 Å². The molecule has 4 nitrogen and oxygen atoms in total. The summed E-state index contributed by atoms with van der Waals surface area (Å²) in [5, 5.41) is 10.3. The first-order valence-electron chi connectivity index (χ1n) is 8.71. The highest BCUT2D eigenvalue weighted by atomic mass is 32.2. The van der Waals surface area contributed by atoms with Crippen LogP contribution in [0.5, 0.6) is 0 Å². The molecule has 2 aromatic heterocycles. The SMILES string of the molecule is CC(C)c1nc(CCO)n(Cc2cccnc2)c1Sc1cc(F)cc(F)c1. The normalized spacial score (nSPS) is 11.3. The topological polar surface area (TPSA) is 50.9 Å². The molecule has 0 aliphatic heterocycles. The summed E-state index contributed by atoms with van der Waals surface area (Å²) >= 11 is 1.28. The van der Waals surface area contributed by atoms with Gasteiger partial charge in [0.15, 0.2) is 0 Å². The van der Waals surface area contributed by atoms with Crippen molar-refractivity contribution in [2.24, 2.45) is 0 Å². The fourth-order valence-corrected chi connectivity index (χ4v) is 4.05. The van der Waals surface area contributed by atoms with Crippen LogP contribution in [-0.4, -0.2) is 26.2 Å². The van der Waals surface area contributed by atoms with E-state index in [4.69, 9.17) is 4.98 Å². The Morgan fingerprint density at radius 2 is 1.93 bits per heavy atom. The number of nitrogens with zero attached hydrogens (tertiary/aromatic N) is 3. The minimum Gasteiger partial charge on any atom is -0.396 e. The van der Waals surface area contributed by atoms with Gasteiger partial charge in [0.1, 0.15) is 22.5 Å². The first-order valence-corrected chi connectivity index (χ1v) is 9.52. The smallest absolute Gasteiger partial charge is 0.127 e. The van der Waals surface area contributed by atoms with Crippen LogP contribution < -0.4 is 0 Å². The van der Waals surface area contributed by atoms with Gasteiger partial charge in [-0.25, -0.2) is 13.8 Å². The Hall–Kier alpha value is -2.25. The molecule has 0 aliphatic rings. The molecule has 0 bridgehead atoms. The first kappa shape index (κ1) is 19.5. The molecule has 2 heterocycles. The maximum atomic E-state index is 13.6. The fraction of sp³-hybridized carbons (Fsp3) is 0.300. The Kier molecular flexibility index (Phi) is 6.23. The van der Waals surface area contributed by atoms with Crippen LogP contribution in [0.1, 0.15) is 36.8 Å². The minimum atomic E-state index is -0.613. The number of halogens is 2. The van der Waals surface area contributed by atoms with E-state index in [9.17, 15) is 13.9 Å². The largest absolute Gasteiger partial charge is 0.396 e. The molecule has 27 heavy (non-hydrogen) atoms. The minimum absolute atomic E-state index is 0.0275. The van der Waals surface area contributed by atoms with Crippen LogP contribution in [-0.2, 0) is 13.0 Å². The molecule has 0 saturated carbocycles. The number of hydrogen-bond donors (Lipinski definition) is 1. The molecular formula is C20H21F2N3OS. The highest BCUT2D eigenvalue weighted by Crippen LogP contribution is 2.36. The molecule has 0 aliphatic carbocycles. The van der Waals surface area contributed by atoms with Crippen molar-refractivity contribution in [2.45, 2.75) is 42.7 Å². The first-order chi connectivity index (χ1) is 13.0. The van der Waals surface area contributed by atoms with Crippen molar-refractivity contribution in [3.8, 4) is 0 Å². The van der Waals surface area contributed by atoms with E-state index in [1.54, 1.807) is 12.4 Å². The van der Waals surface area contributed by atoms with E-state index < -0.39 is 11.6 Å². The summed E-state index contributed by atoms with van der Waals surface area (Å²) in [6, 6.07) is 7.30. The standard InChI is InChI=1S/C20H21F2N3OS/c1-13(2)19-20(27-17-9-15(21)8-16(22)10-17)25(18(24-19)5-7-26)12-14-4-3-6-23-11-14/h3-4,6,8-11,13,26H,5,7,12H2,1-2H3. The lowest BCUT2D eigenvalue weighted by Gasteiger charge is -2.13. The number of hydrogen-bond acceptors (Lipinski definition) is 4. The van der Waals surface area contributed by atoms with Gasteiger partial charge in [-0.05, 0) is 29.7 Å². The third-order valence-electron chi connectivity index (χ3n) is 4.02. The van der Waals surface area contributed by atoms with Gasteiger partial charge in [0.2, 0.25) is 0 Å². The van der Waals surface area contributed by atoms with Crippen molar-refractivity contribution >= 4 is 11.8 Å². The molecule has 1 N–H and O–H groups in total. The predicted octanol–water partition coefficient (Wildman–Crippen LogP) is 4.41. The Morgan fingerprint density at radius 3 is 2.52 bits per heavy atom. The van der Waals surface area contributed by atoms with E-state index in [-0.39, 0.29) is 12.5 Å². The van der Waals surface area contributed by atoms with Crippen LogP contribution >= 0.6 is 11.8 Å². The molecule has 1 aromatic carbocycles. The Bertz CT molecular complexity index is 893. The lowest BCUT2D eigenvalue weighted by Crippen LogP contribution is -2.08. The average molecular weight is 389 g/mol. The van der Waals surface area contributed by atoms with Crippen LogP contribution in [0.15, 0.2) is 52.6 Å². The molecule has 3 rings (SSSR count). The fourth-order valence-electron chi connectivity index (χ4n) is 2.81. The Morgan fingerprint density at radius 1 is 1.19 bits per heavy atom. The summed E-state index contributed by atoms with van der Waals surface area (Å²) in [7, 11) is 0. The summed E-state index contributed by atoms with van der Waals surface area (Å²) in [4.78, 5) is 9.33. The highest BCUT2D eigenvalue weighted by Gasteiger charge is 2.21. The molecule has 7 heteroatoms. The molecule has 0 saturated heterocycles. The zero-order chi connectivity index (χ0) is 19.4. The average Bonchev–Trinajstić information content (AvgIpc) is 2.93. The number of aliphatic hydroxyl groups excluding tert-OH is 1. The van der Waals surface area contributed by atoms with Gasteiger partial charge in [0.25, 0.3) is 0 Å². The van der Waals surface area contributed by atoms with E-state index in [0.717, 1.165) is 28.2 Å². The van der Waals surface area contributed by atoms with E-state index in [1.165, 1.54) is 23.9 Å². The molecule has 0 amide bonds. The summed E-state index contributed by atoms with van der Waals surface area (Å²) in [5.41, 5.74) is 1.83. The van der Waals surface area contributed by atoms with Crippen LogP contribution in [0, 0.1) is 11.6 Å². The summed E-state index contributed by atoms with van der Waals surface area (Å²) in [5.74, 6) is -0.363. The third-order valence-corrected chi connectivity index (χ3v) is 5.12. The molecule has 0 spiro atoms. The molecule has 142 valence electrons. The van der Waals surface area contributed by atoms with Gasteiger partial charge in [0.05, 0.1) is 18.8 Å². The highest BCUT2D eigenvalue weighted by molar-refractivity contribution is 7.99. The molecule has 3 aromatic rings. The maximum Gasteiger partial charge on any atom is 0.127 e. The molecule has 0 unspecified atom stereocenters. The van der Waals surface area contributed by atoms with Crippen molar-refractivity contribution in [3.63, 3.8) is 0 Å². The lowest BCUT2D eigenvalue weighted by atomic mass is 10.1. The number of rotatable bonds is 7. The van der Waals surface area contributed by atoms with Gasteiger partial charge >= 0.3 is 0 Å². The zero-order valence-corrected chi connectivity index (χ0v) is 16.0. The Labute approximate surface area is 161 Å². The number of aromatic nitrogens is 3. The number of pyridine rings is 1. The van der Waals surface area contributed by atoms with Crippen LogP contribution in [0.25, 0.3) is 0 Å². The van der Waals surface area contributed by atoms with Crippen molar-refractivity contribution < 1.29 is 13.9 Å². The molecule has 0 fully saturated rings. The van der Waals surface area contributed by atoms with Gasteiger partial charge < -0.3 is 9.67 Å². The lowest BCUT2D eigenvalue weighted by molar-refractivity contribution is 0.294. The van der Waals surface area contributed by atoms with Gasteiger partial charge in [0, 0.05) is 29.8 Å². The van der Waals surface area contributed by atoms with Crippen molar-refractivity contribution in [1.29, 1.82) is 0 Å². The van der Waals surface area contributed by atoms with E-state index in [1.807, 2.05) is 30.5 Å². The van der Waals surface area contributed by atoms with Crippen molar-refractivity contribution in [3.05, 3.63) is 71.4 Å². The van der Waals surface area contributed by atoms with Gasteiger partial charge in [-0.3, -0.25) is 4.98 Å². The van der Waals surface area contributed by atoms with Gasteiger partial charge in [-0.15, -0.1) is 0 Å². The van der Waals surface area contributed by atoms with E-state index in [0.29, 0.717) is 17.9 Å². The van der Waals surface area contributed by atoms with Crippen molar-refractivity contribution in [2.75, 3.05) is 6.61 Å². The van der Waals surface area contributed by atoms with Crippen LogP contribution in [0.3, 0.4) is 0 Å². The second-order valence-corrected chi connectivity index (χ2v) is 7.56. The maximum absolute atomic E-state index is 13.6. The van der Waals surface area contributed by atoms with E-state index in [2.05, 4.69) is 4.98 Å². The monoisotopic (exact) mass is 389 g/mol. The second kappa shape index (κ2) is 8.63. The summed E-state index contributed by atoms with van der Waals surface area (Å²) in [6.07, 6.45) is 3.88. The van der Waals surface area contributed by atoms with Crippen LogP contribution in [0.4, 0.5) is 8.78 Å². The van der Waals surface area contributed by atoms with Gasteiger partial charge in [-0.2, -0.15) is 0 Å². The summed E-state index contributed by atoms with van der Waals surface area (Å²) < 4.78 is 29.3. The molecule has 0 radical (unpaired) electrons.